The maximum Gasteiger partial charge on any atom is 0.251 e. The summed E-state index contributed by atoms with van der Waals surface area (Å²) in [6.07, 6.45) is 1.02. The number of ether oxygens (including phenoxy) is 1. The van der Waals surface area contributed by atoms with Gasteiger partial charge in [0.15, 0.2) is 0 Å². The summed E-state index contributed by atoms with van der Waals surface area (Å²) in [5, 5.41) is 6.06. The fourth-order valence-corrected chi connectivity index (χ4v) is 2.32. The minimum absolute atomic E-state index is 0. The van der Waals surface area contributed by atoms with Gasteiger partial charge >= 0.3 is 0 Å². The van der Waals surface area contributed by atoms with E-state index in [9.17, 15) is 9.59 Å². The first-order valence-electron chi connectivity index (χ1n) is 7.20. The SMILES string of the molecule is Cl.NC1(C(=O)NCCNC(=O)c2ccc(Cl)cc2)CCOCC1. The molecule has 6 nitrogen and oxygen atoms in total. The van der Waals surface area contributed by atoms with E-state index >= 15 is 0 Å². The molecule has 1 aliphatic rings. The summed E-state index contributed by atoms with van der Waals surface area (Å²) in [5.41, 5.74) is 5.72. The Balaban J connectivity index is 0.00000264. The second-order valence-electron chi connectivity index (χ2n) is 5.29. The monoisotopic (exact) mass is 361 g/mol. The lowest BCUT2D eigenvalue weighted by Gasteiger charge is -2.31. The van der Waals surface area contributed by atoms with Crippen molar-refractivity contribution in [3.8, 4) is 0 Å². The van der Waals surface area contributed by atoms with Crippen LogP contribution in [0.4, 0.5) is 0 Å². The van der Waals surface area contributed by atoms with Gasteiger partial charge in [0.1, 0.15) is 0 Å². The van der Waals surface area contributed by atoms with Crippen molar-refractivity contribution >= 4 is 35.8 Å². The molecule has 1 saturated heterocycles. The van der Waals surface area contributed by atoms with Crippen molar-refractivity contribution in [2.75, 3.05) is 26.3 Å². The van der Waals surface area contributed by atoms with Crippen molar-refractivity contribution < 1.29 is 14.3 Å². The lowest BCUT2D eigenvalue weighted by Crippen LogP contribution is -2.57. The fourth-order valence-electron chi connectivity index (χ4n) is 2.19. The summed E-state index contributed by atoms with van der Waals surface area (Å²) in [7, 11) is 0. The van der Waals surface area contributed by atoms with Gasteiger partial charge in [-0.15, -0.1) is 12.4 Å². The minimum atomic E-state index is -0.863. The van der Waals surface area contributed by atoms with Crippen LogP contribution in [0.5, 0.6) is 0 Å². The molecule has 1 aromatic rings. The molecule has 128 valence electrons. The van der Waals surface area contributed by atoms with Gasteiger partial charge in [0.2, 0.25) is 5.91 Å². The molecule has 0 aromatic heterocycles. The molecule has 1 aromatic carbocycles. The van der Waals surface area contributed by atoms with Gasteiger partial charge in [-0.25, -0.2) is 0 Å². The lowest BCUT2D eigenvalue weighted by molar-refractivity contribution is -0.129. The summed E-state index contributed by atoms with van der Waals surface area (Å²) in [5.74, 6) is -0.406. The van der Waals surface area contributed by atoms with E-state index in [1.54, 1.807) is 24.3 Å². The molecule has 0 unspecified atom stereocenters. The van der Waals surface area contributed by atoms with Crippen LogP contribution in [0, 0.1) is 0 Å². The highest BCUT2D eigenvalue weighted by Gasteiger charge is 2.35. The molecule has 0 bridgehead atoms. The van der Waals surface area contributed by atoms with Gasteiger partial charge in [0, 0.05) is 36.9 Å². The third-order valence-electron chi connectivity index (χ3n) is 3.64. The Bertz CT molecular complexity index is 531. The zero-order valence-corrected chi connectivity index (χ0v) is 14.2. The van der Waals surface area contributed by atoms with Gasteiger partial charge in [-0.2, -0.15) is 0 Å². The maximum absolute atomic E-state index is 12.1. The van der Waals surface area contributed by atoms with Crippen molar-refractivity contribution in [2.45, 2.75) is 18.4 Å². The van der Waals surface area contributed by atoms with Gasteiger partial charge in [0.25, 0.3) is 5.91 Å². The number of nitrogens with one attached hydrogen (secondary N) is 2. The summed E-state index contributed by atoms with van der Waals surface area (Å²) in [6.45, 7) is 1.66. The second kappa shape index (κ2) is 9.08. The number of amides is 2. The van der Waals surface area contributed by atoms with Gasteiger partial charge in [0.05, 0.1) is 5.54 Å². The Morgan fingerprint density at radius 2 is 1.70 bits per heavy atom. The van der Waals surface area contributed by atoms with Crippen LogP contribution in [0.2, 0.25) is 5.02 Å². The number of rotatable bonds is 5. The Kier molecular flexibility index (Phi) is 7.78. The molecule has 2 amide bonds. The smallest absolute Gasteiger partial charge is 0.251 e. The van der Waals surface area contributed by atoms with E-state index in [0.29, 0.717) is 49.7 Å². The first-order valence-corrected chi connectivity index (χ1v) is 7.58. The summed E-state index contributed by atoms with van der Waals surface area (Å²) in [4.78, 5) is 23.9. The molecule has 8 heteroatoms. The number of halogens is 2. The summed E-state index contributed by atoms with van der Waals surface area (Å²) < 4.78 is 5.20. The molecular weight excluding hydrogens is 341 g/mol. The number of carbonyl (C=O) groups is 2. The molecule has 4 N–H and O–H groups in total. The average Bonchev–Trinajstić information content (AvgIpc) is 2.52. The second-order valence-corrected chi connectivity index (χ2v) is 5.72. The van der Waals surface area contributed by atoms with Crippen molar-refractivity contribution in [3.63, 3.8) is 0 Å². The van der Waals surface area contributed by atoms with Gasteiger partial charge in [-0.05, 0) is 37.1 Å². The number of hydrogen-bond acceptors (Lipinski definition) is 4. The fraction of sp³-hybridized carbons (Fsp3) is 0.467. The van der Waals surface area contributed by atoms with Crippen LogP contribution in [0.15, 0.2) is 24.3 Å². The Morgan fingerprint density at radius 1 is 1.13 bits per heavy atom. The lowest BCUT2D eigenvalue weighted by atomic mass is 9.90. The van der Waals surface area contributed by atoms with Gasteiger partial charge in [-0.1, -0.05) is 11.6 Å². The van der Waals surface area contributed by atoms with E-state index in [1.807, 2.05) is 0 Å². The average molecular weight is 362 g/mol. The molecule has 2 rings (SSSR count). The van der Waals surface area contributed by atoms with Crippen LogP contribution in [-0.2, 0) is 9.53 Å². The number of benzene rings is 1. The molecule has 23 heavy (non-hydrogen) atoms. The summed E-state index contributed by atoms with van der Waals surface area (Å²) >= 11 is 5.76. The first kappa shape index (κ1) is 19.7. The van der Waals surface area contributed by atoms with Crippen LogP contribution >= 0.6 is 24.0 Å². The molecule has 0 saturated carbocycles. The standard InChI is InChI=1S/C15H20ClN3O3.ClH/c16-12-3-1-11(2-4-12)13(20)18-7-8-19-14(21)15(17)5-9-22-10-6-15;/h1-4H,5-10,17H2,(H,18,20)(H,19,21);1H. The van der Waals surface area contributed by atoms with E-state index in [0.717, 1.165) is 0 Å². The van der Waals surface area contributed by atoms with E-state index in [1.165, 1.54) is 0 Å². The molecule has 1 heterocycles. The number of carbonyl (C=O) groups excluding carboxylic acids is 2. The van der Waals surface area contributed by atoms with Crippen LogP contribution in [0.1, 0.15) is 23.2 Å². The number of nitrogens with two attached hydrogens (primary N) is 1. The molecule has 0 aliphatic carbocycles. The van der Waals surface area contributed by atoms with E-state index in [4.69, 9.17) is 22.1 Å². The van der Waals surface area contributed by atoms with Crippen LogP contribution < -0.4 is 16.4 Å². The van der Waals surface area contributed by atoms with Gasteiger partial charge in [-0.3, -0.25) is 9.59 Å². The summed E-state index contributed by atoms with van der Waals surface area (Å²) in [6, 6.07) is 6.60. The highest BCUT2D eigenvalue weighted by Crippen LogP contribution is 2.17. The first-order chi connectivity index (χ1) is 10.5. The van der Waals surface area contributed by atoms with Gasteiger partial charge < -0.3 is 21.1 Å². The topological polar surface area (TPSA) is 93.5 Å². The van der Waals surface area contributed by atoms with Crippen molar-refractivity contribution in [1.29, 1.82) is 0 Å². The zero-order valence-electron chi connectivity index (χ0n) is 12.6. The third-order valence-corrected chi connectivity index (χ3v) is 3.89. The quantitative estimate of drug-likeness (QED) is 0.685. The predicted octanol–water partition coefficient (Wildman–Crippen LogP) is 1.12. The molecule has 0 spiro atoms. The van der Waals surface area contributed by atoms with Crippen LogP contribution in [0.3, 0.4) is 0 Å². The van der Waals surface area contributed by atoms with Crippen molar-refractivity contribution in [3.05, 3.63) is 34.9 Å². The molecule has 0 radical (unpaired) electrons. The predicted molar refractivity (Wildman–Crippen MR) is 91.0 cm³/mol. The normalized spacial score (nSPS) is 16.1. The Labute approximate surface area is 146 Å². The van der Waals surface area contributed by atoms with Crippen LogP contribution in [0.25, 0.3) is 0 Å². The minimum Gasteiger partial charge on any atom is -0.381 e. The molecule has 1 aliphatic heterocycles. The highest BCUT2D eigenvalue weighted by atomic mass is 35.5. The van der Waals surface area contributed by atoms with E-state index < -0.39 is 5.54 Å². The maximum atomic E-state index is 12.1. The van der Waals surface area contributed by atoms with Crippen molar-refractivity contribution in [1.82, 2.24) is 10.6 Å². The van der Waals surface area contributed by atoms with Crippen molar-refractivity contribution in [2.24, 2.45) is 5.73 Å². The largest absolute Gasteiger partial charge is 0.381 e. The molecule has 0 atom stereocenters. The zero-order chi connectivity index (χ0) is 16.0. The Hall–Kier alpha value is -1.34. The Morgan fingerprint density at radius 3 is 2.30 bits per heavy atom. The third kappa shape index (κ3) is 5.66. The highest BCUT2D eigenvalue weighted by molar-refractivity contribution is 6.30. The van der Waals surface area contributed by atoms with E-state index in [2.05, 4.69) is 10.6 Å². The molecular formula is C15H21Cl2N3O3. The van der Waals surface area contributed by atoms with Crippen LogP contribution in [-0.4, -0.2) is 43.7 Å². The van der Waals surface area contributed by atoms with E-state index in [-0.39, 0.29) is 24.2 Å². The number of hydrogen-bond donors (Lipinski definition) is 3. The molecule has 1 fully saturated rings.